The molecule has 0 amide bonds. The van der Waals surface area contributed by atoms with Crippen LogP contribution in [0.25, 0.3) is 0 Å². The summed E-state index contributed by atoms with van der Waals surface area (Å²) in [4.78, 5) is 0.629. The Morgan fingerprint density at radius 1 is 0.957 bits per heavy atom. The summed E-state index contributed by atoms with van der Waals surface area (Å²) < 4.78 is 16.0. The van der Waals surface area contributed by atoms with Gasteiger partial charge in [0.25, 0.3) is 0 Å². The Morgan fingerprint density at radius 2 is 1.52 bits per heavy atom. The Kier molecular flexibility index (Phi) is 5.82. The van der Waals surface area contributed by atoms with Crippen molar-refractivity contribution in [3.8, 4) is 17.2 Å². The first-order valence-corrected chi connectivity index (χ1v) is 7.63. The third-order valence-electron chi connectivity index (χ3n) is 3.50. The molecule has 0 heterocycles. The maximum Gasteiger partial charge on any atom is 0.203 e. The molecule has 0 radical (unpaired) electrons. The predicted octanol–water partition coefficient (Wildman–Crippen LogP) is 3.49. The fourth-order valence-electron chi connectivity index (χ4n) is 2.20. The molecule has 0 saturated carbocycles. The van der Waals surface area contributed by atoms with Crippen molar-refractivity contribution >= 4 is 17.2 Å². The fourth-order valence-corrected chi connectivity index (χ4v) is 2.39. The zero-order chi connectivity index (χ0) is 16.8. The lowest BCUT2D eigenvalue weighted by Crippen LogP contribution is -2.21. The Hall–Kier alpha value is -2.27. The van der Waals surface area contributed by atoms with Crippen LogP contribution >= 0.6 is 12.2 Å². The molecule has 0 saturated heterocycles. The minimum Gasteiger partial charge on any atom is -0.493 e. The molecule has 2 rings (SSSR count). The zero-order valence-corrected chi connectivity index (χ0v) is 14.6. The molecule has 0 aromatic heterocycles. The normalized spacial score (nSPS) is 10.1. The van der Waals surface area contributed by atoms with Crippen molar-refractivity contribution < 1.29 is 14.2 Å². The van der Waals surface area contributed by atoms with E-state index in [1.807, 2.05) is 12.1 Å². The van der Waals surface area contributed by atoms with Crippen LogP contribution in [0.1, 0.15) is 16.7 Å². The van der Waals surface area contributed by atoms with Gasteiger partial charge in [-0.15, -0.1) is 0 Å². The lowest BCUT2D eigenvalue weighted by molar-refractivity contribution is 0.324. The van der Waals surface area contributed by atoms with E-state index in [-0.39, 0.29) is 0 Å². The predicted molar refractivity (Wildman–Crippen MR) is 95.8 cm³/mol. The summed E-state index contributed by atoms with van der Waals surface area (Å²) in [5.41, 5.74) is 3.23. The maximum atomic E-state index is 5.48. The van der Waals surface area contributed by atoms with Gasteiger partial charge in [-0.3, -0.25) is 0 Å². The number of thiocarbonyl (C=S) groups is 1. The fraction of sp³-hybridized carbons (Fsp3) is 0.278. The average Bonchev–Trinajstić information content (AvgIpc) is 2.59. The van der Waals surface area contributed by atoms with Gasteiger partial charge >= 0.3 is 0 Å². The largest absolute Gasteiger partial charge is 0.493 e. The first-order valence-electron chi connectivity index (χ1n) is 7.22. The minimum absolute atomic E-state index is 0.556. The SMILES string of the molecule is COc1cc(C(=S)NCc2ccc(C)cc2)cc(OC)c1OC. The smallest absolute Gasteiger partial charge is 0.203 e. The number of hydrogen-bond donors (Lipinski definition) is 1. The van der Waals surface area contributed by atoms with Gasteiger partial charge in [0.15, 0.2) is 11.5 Å². The maximum absolute atomic E-state index is 5.48. The van der Waals surface area contributed by atoms with Crippen LogP contribution in [0.5, 0.6) is 17.2 Å². The summed E-state index contributed by atoms with van der Waals surface area (Å²) in [5, 5.41) is 3.25. The van der Waals surface area contributed by atoms with Gasteiger partial charge in [-0.25, -0.2) is 0 Å². The second-order valence-electron chi connectivity index (χ2n) is 5.08. The van der Waals surface area contributed by atoms with Crippen LogP contribution < -0.4 is 19.5 Å². The molecule has 0 bridgehead atoms. The number of aryl methyl sites for hydroxylation is 1. The van der Waals surface area contributed by atoms with E-state index in [1.54, 1.807) is 21.3 Å². The highest BCUT2D eigenvalue weighted by Crippen LogP contribution is 2.38. The molecule has 1 N–H and O–H groups in total. The molecule has 0 fully saturated rings. The zero-order valence-electron chi connectivity index (χ0n) is 13.8. The van der Waals surface area contributed by atoms with E-state index in [0.29, 0.717) is 28.8 Å². The quantitative estimate of drug-likeness (QED) is 0.821. The highest BCUT2D eigenvalue weighted by atomic mass is 32.1. The van der Waals surface area contributed by atoms with Gasteiger partial charge in [-0.2, -0.15) is 0 Å². The topological polar surface area (TPSA) is 39.7 Å². The van der Waals surface area contributed by atoms with Crippen molar-refractivity contribution in [3.05, 3.63) is 53.1 Å². The molecule has 0 atom stereocenters. The number of ether oxygens (including phenoxy) is 3. The van der Waals surface area contributed by atoms with Crippen LogP contribution in [0.2, 0.25) is 0 Å². The minimum atomic E-state index is 0.556. The van der Waals surface area contributed by atoms with E-state index in [1.165, 1.54) is 11.1 Å². The van der Waals surface area contributed by atoms with Crippen molar-refractivity contribution in [1.29, 1.82) is 0 Å². The molecule has 23 heavy (non-hydrogen) atoms. The molecule has 4 nitrogen and oxygen atoms in total. The Bertz CT molecular complexity index is 658. The first-order chi connectivity index (χ1) is 11.1. The van der Waals surface area contributed by atoms with E-state index >= 15 is 0 Å². The van der Waals surface area contributed by atoms with E-state index in [2.05, 4.69) is 36.5 Å². The average molecular weight is 331 g/mol. The van der Waals surface area contributed by atoms with Crippen molar-refractivity contribution in [2.45, 2.75) is 13.5 Å². The van der Waals surface area contributed by atoms with E-state index in [0.717, 1.165) is 5.56 Å². The number of nitrogens with one attached hydrogen (secondary N) is 1. The van der Waals surface area contributed by atoms with Crippen LogP contribution in [0.4, 0.5) is 0 Å². The molecule has 0 aliphatic heterocycles. The summed E-state index contributed by atoms with van der Waals surface area (Å²) in [6.45, 7) is 2.73. The van der Waals surface area contributed by atoms with Crippen LogP contribution in [0, 0.1) is 6.92 Å². The number of methoxy groups -OCH3 is 3. The third kappa shape index (κ3) is 4.13. The van der Waals surface area contributed by atoms with Gasteiger partial charge < -0.3 is 19.5 Å². The molecule has 0 aliphatic carbocycles. The monoisotopic (exact) mass is 331 g/mol. The van der Waals surface area contributed by atoms with E-state index in [4.69, 9.17) is 26.4 Å². The van der Waals surface area contributed by atoms with Crippen LogP contribution in [0.3, 0.4) is 0 Å². The summed E-state index contributed by atoms with van der Waals surface area (Å²) >= 11 is 5.48. The molecule has 0 aliphatic rings. The first kappa shape index (κ1) is 17.1. The van der Waals surface area contributed by atoms with Gasteiger partial charge in [0, 0.05) is 12.1 Å². The lowest BCUT2D eigenvalue weighted by atomic mass is 10.1. The van der Waals surface area contributed by atoms with Gasteiger partial charge in [0.05, 0.1) is 21.3 Å². The van der Waals surface area contributed by atoms with Crippen molar-refractivity contribution in [3.63, 3.8) is 0 Å². The Balaban J connectivity index is 2.16. The Labute approximate surface area is 142 Å². The molecule has 0 spiro atoms. The second-order valence-corrected chi connectivity index (χ2v) is 5.49. The summed E-state index contributed by atoms with van der Waals surface area (Å²) in [6, 6.07) is 12.0. The molecular weight excluding hydrogens is 310 g/mol. The third-order valence-corrected chi connectivity index (χ3v) is 3.88. The van der Waals surface area contributed by atoms with Crippen LogP contribution in [0.15, 0.2) is 36.4 Å². The van der Waals surface area contributed by atoms with E-state index < -0.39 is 0 Å². The van der Waals surface area contributed by atoms with Crippen LogP contribution in [-0.4, -0.2) is 26.3 Å². The summed E-state index contributed by atoms with van der Waals surface area (Å²) in [5.74, 6) is 1.72. The van der Waals surface area contributed by atoms with Gasteiger partial charge in [-0.05, 0) is 24.6 Å². The highest BCUT2D eigenvalue weighted by Gasteiger charge is 2.15. The van der Waals surface area contributed by atoms with E-state index in [9.17, 15) is 0 Å². The molecule has 2 aromatic carbocycles. The second kappa shape index (κ2) is 7.83. The van der Waals surface area contributed by atoms with Crippen LogP contribution in [-0.2, 0) is 6.54 Å². The molecule has 122 valence electrons. The van der Waals surface area contributed by atoms with Crippen molar-refractivity contribution in [2.75, 3.05) is 21.3 Å². The van der Waals surface area contributed by atoms with Gasteiger partial charge in [0.1, 0.15) is 4.99 Å². The number of hydrogen-bond acceptors (Lipinski definition) is 4. The van der Waals surface area contributed by atoms with Gasteiger partial charge in [0.2, 0.25) is 5.75 Å². The van der Waals surface area contributed by atoms with Crippen molar-refractivity contribution in [2.24, 2.45) is 0 Å². The van der Waals surface area contributed by atoms with Crippen molar-refractivity contribution in [1.82, 2.24) is 5.32 Å². The molecule has 5 heteroatoms. The standard InChI is InChI=1S/C18H21NO3S/c1-12-5-7-13(8-6-12)11-19-18(23)14-9-15(20-2)17(22-4)16(10-14)21-3/h5-10H,11H2,1-4H3,(H,19,23). The summed E-state index contributed by atoms with van der Waals surface area (Å²) in [6.07, 6.45) is 0. The molecular formula is C18H21NO3S. The molecule has 0 unspecified atom stereocenters. The lowest BCUT2D eigenvalue weighted by Gasteiger charge is -2.15. The van der Waals surface area contributed by atoms with Gasteiger partial charge in [-0.1, -0.05) is 42.0 Å². The Morgan fingerprint density at radius 3 is 2.00 bits per heavy atom. The number of benzene rings is 2. The molecule has 2 aromatic rings. The highest BCUT2D eigenvalue weighted by molar-refractivity contribution is 7.80. The summed E-state index contributed by atoms with van der Waals surface area (Å²) in [7, 11) is 4.75. The number of rotatable bonds is 6.